The van der Waals surface area contributed by atoms with Crippen LogP contribution in [-0.4, -0.2) is 193 Å². The number of carbonyl (C=O) groups is 1. The highest BCUT2D eigenvalue weighted by Crippen LogP contribution is 2.33. The molecular weight excluding hydrogens is 987 g/mol. The van der Waals surface area contributed by atoms with Crippen LogP contribution in [0.5, 0.6) is 0 Å². The number of allylic oxidation sites excluding steroid dienone is 7. The molecule has 3 heterocycles. The van der Waals surface area contributed by atoms with Gasteiger partial charge in [0.1, 0.15) is 73.2 Å². The minimum Gasteiger partial charge on any atom is -0.394 e. The second-order valence-electron chi connectivity index (χ2n) is 20.7. The number of aliphatic hydroxyl groups is 11. The van der Waals surface area contributed by atoms with Crippen LogP contribution in [0.4, 0.5) is 0 Å². The maximum absolute atomic E-state index is 13.3. The highest BCUT2D eigenvalue weighted by atomic mass is 16.8. The Morgan fingerprint density at radius 1 is 0.461 bits per heavy atom. The van der Waals surface area contributed by atoms with Crippen molar-refractivity contribution in [2.45, 2.75) is 279 Å². The van der Waals surface area contributed by atoms with Gasteiger partial charge in [-0.05, 0) is 70.6 Å². The van der Waals surface area contributed by atoms with Gasteiger partial charge in [-0.3, -0.25) is 4.79 Å². The first-order valence-electron chi connectivity index (χ1n) is 28.9. The number of nitrogens with one attached hydrogen (secondary N) is 1. The summed E-state index contributed by atoms with van der Waals surface area (Å²) in [5, 5.41) is 120. The Labute approximate surface area is 453 Å². The number of hydrogen-bond donors (Lipinski definition) is 12. The molecule has 0 saturated carbocycles. The monoisotopic (exact) mass is 1090 g/mol. The lowest BCUT2D eigenvalue weighted by atomic mass is 9.96. The van der Waals surface area contributed by atoms with Gasteiger partial charge in [-0.1, -0.05) is 146 Å². The van der Waals surface area contributed by atoms with Gasteiger partial charge in [-0.25, -0.2) is 0 Å². The quantitative estimate of drug-likeness (QED) is 0.0300. The lowest BCUT2D eigenvalue weighted by molar-refractivity contribution is -0.379. The Bertz CT molecular complexity index is 1580. The zero-order valence-electron chi connectivity index (χ0n) is 45.7. The van der Waals surface area contributed by atoms with Crippen molar-refractivity contribution in [3.05, 3.63) is 48.6 Å². The van der Waals surface area contributed by atoms with Crippen LogP contribution in [0.3, 0.4) is 0 Å². The number of carbonyl (C=O) groups excluding carboxylic acids is 1. The van der Waals surface area contributed by atoms with E-state index in [1.807, 2.05) is 6.08 Å². The number of hydrogen-bond acceptors (Lipinski definition) is 18. The second-order valence-corrected chi connectivity index (χ2v) is 20.7. The van der Waals surface area contributed by atoms with E-state index in [1.165, 1.54) is 83.5 Å². The predicted octanol–water partition coefficient (Wildman–Crippen LogP) is 4.31. The van der Waals surface area contributed by atoms with E-state index in [0.717, 1.165) is 57.8 Å². The fourth-order valence-corrected chi connectivity index (χ4v) is 9.51. The highest BCUT2D eigenvalue weighted by molar-refractivity contribution is 5.76. The normalized spacial score (nSPS) is 31.3. The fourth-order valence-electron chi connectivity index (χ4n) is 9.51. The topological polar surface area (TPSA) is 307 Å². The van der Waals surface area contributed by atoms with E-state index in [-0.39, 0.29) is 18.9 Å². The Morgan fingerprint density at radius 2 is 0.842 bits per heavy atom. The Kier molecular flexibility index (Phi) is 36.6. The van der Waals surface area contributed by atoms with Gasteiger partial charge in [0, 0.05) is 6.42 Å². The van der Waals surface area contributed by atoms with Crippen molar-refractivity contribution < 1.29 is 89.4 Å². The summed E-state index contributed by atoms with van der Waals surface area (Å²) in [6.07, 6.45) is 16.7. The summed E-state index contributed by atoms with van der Waals surface area (Å²) in [4.78, 5) is 13.3. The Morgan fingerprint density at radius 3 is 1.34 bits per heavy atom. The molecule has 3 saturated heterocycles. The van der Waals surface area contributed by atoms with E-state index in [4.69, 9.17) is 28.4 Å². The van der Waals surface area contributed by atoms with Crippen LogP contribution in [0, 0.1) is 0 Å². The average Bonchev–Trinajstić information content (AvgIpc) is 3.42. The third-order valence-electron chi connectivity index (χ3n) is 14.3. The Hall–Kier alpha value is -2.25. The number of amides is 1. The third kappa shape index (κ3) is 25.0. The summed E-state index contributed by atoms with van der Waals surface area (Å²) in [6, 6.07) is -0.997. The van der Waals surface area contributed by atoms with Crippen molar-refractivity contribution in [3.63, 3.8) is 0 Å². The predicted molar refractivity (Wildman–Crippen MR) is 286 cm³/mol. The molecular formula is C57H101NO18. The van der Waals surface area contributed by atoms with E-state index < -0.39 is 124 Å². The van der Waals surface area contributed by atoms with E-state index in [9.17, 15) is 61.0 Å². The molecule has 19 heteroatoms. The van der Waals surface area contributed by atoms with Gasteiger partial charge in [0.15, 0.2) is 18.9 Å². The zero-order valence-corrected chi connectivity index (χ0v) is 45.7. The average molecular weight is 1090 g/mol. The summed E-state index contributed by atoms with van der Waals surface area (Å²) in [7, 11) is 0. The van der Waals surface area contributed by atoms with Gasteiger partial charge in [0.05, 0.1) is 38.6 Å². The minimum atomic E-state index is -1.98. The van der Waals surface area contributed by atoms with E-state index in [1.54, 1.807) is 6.08 Å². The summed E-state index contributed by atoms with van der Waals surface area (Å²) >= 11 is 0. The molecule has 0 aromatic rings. The van der Waals surface area contributed by atoms with Crippen LogP contribution < -0.4 is 5.32 Å². The van der Waals surface area contributed by atoms with Crippen molar-refractivity contribution in [1.82, 2.24) is 5.32 Å². The van der Waals surface area contributed by atoms with Crippen molar-refractivity contribution in [2.24, 2.45) is 0 Å². The van der Waals surface area contributed by atoms with E-state index in [0.29, 0.717) is 12.8 Å². The molecule has 1 amide bonds. The number of ether oxygens (including phenoxy) is 6. The maximum Gasteiger partial charge on any atom is 0.220 e. The lowest BCUT2D eigenvalue weighted by Crippen LogP contribution is -2.66. The molecule has 0 bridgehead atoms. The zero-order chi connectivity index (χ0) is 55.5. The van der Waals surface area contributed by atoms with Gasteiger partial charge in [-0.2, -0.15) is 0 Å². The van der Waals surface area contributed by atoms with Gasteiger partial charge in [0.2, 0.25) is 5.91 Å². The smallest absolute Gasteiger partial charge is 0.220 e. The molecule has 0 spiro atoms. The molecule has 76 heavy (non-hydrogen) atoms. The molecule has 0 aliphatic carbocycles. The minimum absolute atomic E-state index is 0.226. The molecule has 0 radical (unpaired) electrons. The maximum atomic E-state index is 13.3. The first kappa shape index (κ1) is 68.0. The highest BCUT2D eigenvalue weighted by Gasteiger charge is 2.53. The van der Waals surface area contributed by atoms with Crippen LogP contribution >= 0.6 is 0 Å². The van der Waals surface area contributed by atoms with Gasteiger partial charge in [-0.15, -0.1) is 0 Å². The van der Waals surface area contributed by atoms with Crippen LogP contribution in [0.25, 0.3) is 0 Å². The van der Waals surface area contributed by atoms with Gasteiger partial charge >= 0.3 is 0 Å². The molecule has 3 aliphatic heterocycles. The van der Waals surface area contributed by atoms with E-state index in [2.05, 4.69) is 55.6 Å². The Balaban J connectivity index is 1.53. The molecule has 3 rings (SSSR count). The van der Waals surface area contributed by atoms with Crippen LogP contribution in [0.1, 0.15) is 174 Å². The van der Waals surface area contributed by atoms with Crippen LogP contribution in [0.2, 0.25) is 0 Å². The molecule has 0 aromatic carbocycles. The summed E-state index contributed by atoms with van der Waals surface area (Å²) < 4.78 is 34.2. The lowest BCUT2D eigenvalue weighted by Gasteiger charge is -2.48. The summed E-state index contributed by atoms with van der Waals surface area (Å²) in [5.74, 6) is -0.297. The van der Waals surface area contributed by atoms with Crippen molar-refractivity contribution >= 4 is 5.91 Å². The first-order valence-corrected chi connectivity index (χ1v) is 28.9. The number of aliphatic hydroxyl groups excluding tert-OH is 11. The SMILES string of the molecule is CCCCC/C=C/CC/C=C/CC/C=C/C(O)C(COC1OC(CO)C(OC2OC(CO)C(OC3OC(CO)C(O)C(O)C3O)C(O)C2O)C(O)C1O)NC(=O)CCCCCCCCC/C=C\CCCCCCCCC. The third-order valence-corrected chi connectivity index (χ3v) is 14.3. The van der Waals surface area contributed by atoms with Gasteiger partial charge in [0.25, 0.3) is 0 Å². The van der Waals surface area contributed by atoms with Crippen molar-refractivity contribution in [1.29, 1.82) is 0 Å². The van der Waals surface area contributed by atoms with Crippen molar-refractivity contribution in [2.75, 3.05) is 26.4 Å². The standard InChI is InChI=1S/C57H101NO18/c1-3-5-7-9-11-13-15-17-18-19-20-21-23-25-27-29-31-33-35-45(63)58-40(41(62)34-32-30-28-26-24-22-16-14-12-10-8-6-4-2)39-71-55-51(69)48(66)53(43(37-60)73-55)76-57-52(70)49(67)54(44(38-61)74-57)75-56-50(68)47(65)46(64)42(36-59)72-56/h12,14,18-19,24,26,32,34,40-44,46-57,59-62,64-70H,3-11,13,15-17,20-23,25,27-31,33,35-39H2,1-2H3,(H,58,63)/b14-12+,19-18-,26-24+,34-32+. The largest absolute Gasteiger partial charge is 0.394 e. The molecule has 442 valence electrons. The molecule has 0 aromatic heterocycles. The molecule has 12 N–H and O–H groups in total. The van der Waals surface area contributed by atoms with Crippen molar-refractivity contribution in [3.8, 4) is 0 Å². The second kappa shape index (κ2) is 40.9. The number of rotatable bonds is 41. The van der Waals surface area contributed by atoms with Gasteiger partial charge < -0.3 is 89.9 Å². The molecule has 3 aliphatic rings. The van der Waals surface area contributed by atoms with Crippen LogP contribution in [0.15, 0.2) is 48.6 Å². The van der Waals surface area contributed by atoms with Crippen LogP contribution in [-0.2, 0) is 33.2 Å². The number of unbranched alkanes of at least 4 members (excludes halogenated alkanes) is 19. The fraction of sp³-hybridized carbons (Fsp3) is 0.842. The molecule has 17 atom stereocenters. The molecule has 19 nitrogen and oxygen atoms in total. The summed E-state index contributed by atoms with van der Waals surface area (Å²) in [6.45, 7) is 1.63. The summed E-state index contributed by atoms with van der Waals surface area (Å²) in [5.41, 5.74) is 0. The molecule has 17 unspecified atom stereocenters. The molecule has 3 fully saturated rings. The van der Waals surface area contributed by atoms with E-state index >= 15 is 0 Å². The first-order chi connectivity index (χ1) is 36.8.